The number of carbonyl (C=O) groups is 1. The highest BCUT2D eigenvalue weighted by Gasteiger charge is 2.47. The summed E-state index contributed by atoms with van der Waals surface area (Å²) in [6, 6.07) is 0. The van der Waals surface area contributed by atoms with Crippen LogP contribution in [-0.2, 0) is 19.0 Å². The second kappa shape index (κ2) is 6.63. The Hall–Kier alpha value is -1.05. The molecule has 0 spiro atoms. The summed E-state index contributed by atoms with van der Waals surface area (Å²) >= 11 is 5.56. The molecule has 17 heavy (non-hydrogen) atoms. The van der Waals surface area contributed by atoms with Gasteiger partial charge in [-0.2, -0.15) is 0 Å². The average Bonchev–Trinajstić information content (AvgIpc) is 2.28. The minimum Gasteiger partial charge on any atom is -0.475 e. The highest BCUT2D eigenvalue weighted by molar-refractivity contribution is 6.18. The third kappa shape index (κ3) is 4.03. The molecule has 0 fully saturated rings. The van der Waals surface area contributed by atoms with Gasteiger partial charge in [0.25, 0.3) is 0 Å². The fourth-order valence-electron chi connectivity index (χ4n) is 0.971. The van der Waals surface area contributed by atoms with Crippen LogP contribution < -0.4 is 0 Å². The molecule has 0 radical (unpaired) electrons. The van der Waals surface area contributed by atoms with Gasteiger partial charge in [-0.1, -0.05) is 5.11 Å². The Labute approximate surface area is 103 Å². The van der Waals surface area contributed by atoms with Crippen LogP contribution in [0.25, 0.3) is 10.4 Å². The molecule has 0 saturated heterocycles. The molecule has 0 bridgehead atoms. The summed E-state index contributed by atoms with van der Waals surface area (Å²) in [6.45, 7) is 2.90. The van der Waals surface area contributed by atoms with Crippen LogP contribution in [-0.4, -0.2) is 42.4 Å². The van der Waals surface area contributed by atoms with Gasteiger partial charge < -0.3 is 19.3 Å². The van der Waals surface area contributed by atoms with Crippen molar-refractivity contribution in [2.45, 2.75) is 25.5 Å². The van der Waals surface area contributed by atoms with Crippen LogP contribution in [0.3, 0.4) is 0 Å². The molecule has 0 heterocycles. The van der Waals surface area contributed by atoms with Crippen molar-refractivity contribution < 1.29 is 24.1 Å². The molecule has 98 valence electrons. The van der Waals surface area contributed by atoms with Crippen molar-refractivity contribution in [3.05, 3.63) is 10.4 Å². The van der Waals surface area contributed by atoms with E-state index in [9.17, 15) is 4.79 Å². The Kier molecular flexibility index (Phi) is 6.22. The number of carboxylic acids is 1. The summed E-state index contributed by atoms with van der Waals surface area (Å²) in [7, 11) is 1.09. The molecule has 8 nitrogen and oxygen atoms in total. The Morgan fingerprint density at radius 2 is 2.24 bits per heavy atom. The van der Waals surface area contributed by atoms with Gasteiger partial charge >= 0.3 is 11.9 Å². The van der Waals surface area contributed by atoms with Crippen LogP contribution >= 0.6 is 11.6 Å². The first-order valence-electron chi connectivity index (χ1n) is 4.64. The number of alkyl halides is 1. The molecule has 0 saturated carbocycles. The first kappa shape index (κ1) is 16.0. The Bertz CT molecular complexity index is 322. The van der Waals surface area contributed by atoms with Gasteiger partial charge in [0.1, 0.15) is 0 Å². The van der Waals surface area contributed by atoms with Gasteiger partial charge in [-0.3, -0.25) is 0 Å². The van der Waals surface area contributed by atoms with Crippen molar-refractivity contribution in [2.75, 3.05) is 19.6 Å². The molecule has 0 rings (SSSR count). The maximum atomic E-state index is 11.1. The number of aliphatic carboxylic acids is 1. The highest BCUT2D eigenvalue weighted by Crippen LogP contribution is 2.26. The molecule has 2 atom stereocenters. The second-order valence-electron chi connectivity index (χ2n) is 3.10. The topological polar surface area (TPSA) is 114 Å². The summed E-state index contributed by atoms with van der Waals surface area (Å²) in [5.74, 6) is -4.12. The number of hydrogen-bond donors (Lipinski definition) is 1. The van der Waals surface area contributed by atoms with E-state index in [1.165, 1.54) is 6.92 Å². The third-order valence-electron chi connectivity index (χ3n) is 1.72. The van der Waals surface area contributed by atoms with Gasteiger partial charge in [-0.05, 0) is 19.4 Å². The molecule has 0 aliphatic carbocycles. The van der Waals surface area contributed by atoms with Crippen LogP contribution in [0.15, 0.2) is 5.11 Å². The number of ether oxygens (including phenoxy) is 3. The average molecular weight is 268 g/mol. The number of hydrogen-bond acceptors (Lipinski definition) is 5. The zero-order valence-corrected chi connectivity index (χ0v) is 10.5. The first-order valence-corrected chi connectivity index (χ1v) is 5.18. The molecule has 1 N–H and O–H groups in total. The van der Waals surface area contributed by atoms with Crippen molar-refractivity contribution >= 4 is 17.6 Å². The van der Waals surface area contributed by atoms with E-state index in [1.54, 1.807) is 6.92 Å². The second-order valence-corrected chi connectivity index (χ2v) is 3.37. The summed E-state index contributed by atoms with van der Waals surface area (Å²) < 4.78 is 14.7. The first-order chi connectivity index (χ1) is 7.89. The zero-order chi connectivity index (χ0) is 13.5. The molecule has 0 aromatic carbocycles. The van der Waals surface area contributed by atoms with E-state index in [0.29, 0.717) is 0 Å². The lowest BCUT2D eigenvalue weighted by Gasteiger charge is -2.33. The number of methoxy groups -OCH3 is 1. The molecule has 2 unspecified atom stereocenters. The van der Waals surface area contributed by atoms with Gasteiger partial charge in [0.2, 0.25) is 0 Å². The molecular weight excluding hydrogens is 254 g/mol. The zero-order valence-electron chi connectivity index (χ0n) is 9.71. The lowest BCUT2D eigenvalue weighted by atomic mass is 10.3. The quantitative estimate of drug-likeness (QED) is 0.236. The van der Waals surface area contributed by atoms with Gasteiger partial charge in [0.05, 0.1) is 12.5 Å². The summed E-state index contributed by atoms with van der Waals surface area (Å²) in [5, 5.41) is 12.3. The van der Waals surface area contributed by atoms with E-state index < -0.39 is 17.7 Å². The van der Waals surface area contributed by atoms with E-state index in [0.717, 1.165) is 7.11 Å². The van der Waals surface area contributed by atoms with Gasteiger partial charge in [-0.15, -0.1) is 11.6 Å². The van der Waals surface area contributed by atoms with Crippen LogP contribution in [0.2, 0.25) is 0 Å². The molecule has 0 aliphatic rings. The lowest BCUT2D eigenvalue weighted by Crippen LogP contribution is -2.52. The van der Waals surface area contributed by atoms with E-state index in [1.807, 2.05) is 0 Å². The van der Waals surface area contributed by atoms with Crippen LogP contribution in [0.5, 0.6) is 0 Å². The molecular formula is C8H14ClN3O5. The standard InChI is InChI=1S/C8H14ClN3O5/c1-4-16-8(15-3,6(13)14)17-7(2,5-9)11-12-10/h4-5H2,1-3H3,(H,13,14). The summed E-state index contributed by atoms with van der Waals surface area (Å²) in [5.41, 5.74) is 6.76. The molecule has 0 amide bonds. The maximum Gasteiger partial charge on any atom is 0.395 e. The highest BCUT2D eigenvalue weighted by atomic mass is 35.5. The predicted molar refractivity (Wildman–Crippen MR) is 58.4 cm³/mol. The summed E-state index contributed by atoms with van der Waals surface area (Å²) in [4.78, 5) is 13.6. The fourth-order valence-corrected chi connectivity index (χ4v) is 1.08. The molecule has 0 aliphatic heterocycles. The molecule has 9 heteroatoms. The van der Waals surface area contributed by atoms with E-state index in [-0.39, 0.29) is 12.5 Å². The van der Waals surface area contributed by atoms with E-state index >= 15 is 0 Å². The Morgan fingerprint density at radius 3 is 2.53 bits per heavy atom. The number of nitrogens with zero attached hydrogens (tertiary/aromatic N) is 3. The van der Waals surface area contributed by atoms with Crippen LogP contribution in [0.1, 0.15) is 13.8 Å². The van der Waals surface area contributed by atoms with Gasteiger partial charge in [-0.25, -0.2) is 4.79 Å². The van der Waals surface area contributed by atoms with Crippen LogP contribution in [0, 0.1) is 0 Å². The maximum absolute atomic E-state index is 11.1. The predicted octanol–water partition coefficient (Wildman–Crippen LogP) is 1.69. The van der Waals surface area contributed by atoms with Crippen molar-refractivity contribution in [1.29, 1.82) is 0 Å². The van der Waals surface area contributed by atoms with E-state index in [4.69, 9.17) is 36.4 Å². The third-order valence-corrected chi connectivity index (χ3v) is 2.22. The number of azide groups is 1. The molecule has 0 aromatic heterocycles. The van der Waals surface area contributed by atoms with Crippen molar-refractivity contribution in [3.63, 3.8) is 0 Å². The van der Waals surface area contributed by atoms with Crippen molar-refractivity contribution in [1.82, 2.24) is 0 Å². The Morgan fingerprint density at radius 1 is 1.65 bits per heavy atom. The van der Waals surface area contributed by atoms with Gasteiger partial charge in [0.15, 0.2) is 5.72 Å². The minimum absolute atomic E-state index is 0.0226. The smallest absolute Gasteiger partial charge is 0.395 e. The Balaban J connectivity index is 5.21. The summed E-state index contributed by atoms with van der Waals surface area (Å²) in [6.07, 6.45) is 0. The fraction of sp³-hybridized carbons (Fsp3) is 0.875. The normalized spacial score (nSPS) is 17.6. The number of halogens is 1. The van der Waals surface area contributed by atoms with Crippen LogP contribution in [0.4, 0.5) is 0 Å². The largest absolute Gasteiger partial charge is 0.475 e. The van der Waals surface area contributed by atoms with E-state index in [2.05, 4.69) is 10.0 Å². The number of rotatable bonds is 8. The lowest BCUT2D eigenvalue weighted by molar-refractivity contribution is -0.378. The molecule has 0 aromatic rings. The minimum atomic E-state index is -2.35. The monoisotopic (exact) mass is 267 g/mol. The van der Waals surface area contributed by atoms with Crippen molar-refractivity contribution in [2.24, 2.45) is 5.11 Å². The van der Waals surface area contributed by atoms with Gasteiger partial charge in [0, 0.05) is 12.0 Å². The SMILES string of the molecule is CCOC(OC)(OC(C)(CCl)N=[N+]=[N-])C(=O)O. The van der Waals surface area contributed by atoms with Crippen molar-refractivity contribution in [3.8, 4) is 0 Å². The number of carboxylic acid groups (broad SMARTS) is 1.